The number of hydrogen-bond donors (Lipinski definition) is 1. The van der Waals surface area contributed by atoms with Crippen LogP contribution in [0.3, 0.4) is 0 Å². The summed E-state index contributed by atoms with van der Waals surface area (Å²) in [6, 6.07) is 0.350. The number of ether oxygens (including phenoxy) is 1. The number of hydrogen-bond acceptors (Lipinski definition) is 4. The van der Waals surface area contributed by atoms with E-state index in [-0.39, 0.29) is 11.1 Å². The normalized spacial score (nSPS) is 21.3. The first-order valence-corrected chi connectivity index (χ1v) is 5.87. The van der Waals surface area contributed by atoms with Gasteiger partial charge in [-0.3, -0.25) is 0 Å². The first-order chi connectivity index (χ1) is 7.92. The van der Waals surface area contributed by atoms with Crippen molar-refractivity contribution in [1.29, 1.82) is 0 Å². The molecule has 1 heterocycles. The van der Waals surface area contributed by atoms with Crippen LogP contribution < -0.4 is 5.73 Å². The van der Waals surface area contributed by atoms with Gasteiger partial charge in [0.15, 0.2) is 5.69 Å². The predicted molar refractivity (Wildman–Crippen MR) is 64.8 cm³/mol. The van der Waals surface area contributed by atoms with E-state index < -0.39 is 5.97 Å². The topological polar surface area (TPSA) is 70.1 Å². The molecule has 1 unspecified atom stereocenters. The largest absolute Gasteiger partial charge is 0.464 e. The fourth-order valence-corrected chi connectivity index (χ4v) is 2.22. The number of aryl methyl sites for hydroxylation is 1. The molecule has 0 amide bonds. The minimum absolute atomic E-state index is 0.242. The van der Waals surface area contributed by atoms with E-state index in [0.717, 1.165) is 18.7 Å². The molecule has 94 valence electrons. The smallest absolute Gasteiger partial charge is 0.360 e. The Kier molecular flexibility index (Phi) is 2.64. The SMILES string of the molecule is CCc1nc(C(=O)OC)c(N)n1C1CC1(C)C. The molecule has 0 bridgehead atoms. The molecule has 1 aliphatic carbocycles. The van der Waals surface area contributed by atoms with Gasteiger partial charge >= 0.3 is 5.97 Å². The molecule has 2 rings (SSSR count). The van der Waals surface area contributed by atoms with Crippen LogP contribution in [-0.4, -0.2) is 22.6 Å². The van der Waals surface area contributed by atoms with Crippen LogP contribution in [0.2, 0.25) is 0 Å². The Balaban J connectivity index is 2.45. The molecule has 1 fully saturated rings. The van der Waals surface area contributed by atoms with Gasteiger partial charge < -0.3 is 15.0 Å². The number of carbonyl (C=O) groups is 1. The number of nitrogens with two attached hydrogens (primary N) is 1. The number of esters is 1. The van der Waals surface area contributed by atoms with Crippen molar-refractivity contribution in [2.75, 3.05) is 12.8 Å². The van der Waals surface area contributed by atoms with Crippen LogP contribution in [0.4, 0.5) is 5.82 Å². The number of anilines is 1. The Morgan fingerprint density at radius 3 is 2.65 bits per heavy atom. The zero-order valence-electron chi connectivity index (χ0n) is 10.8. The summed E-state index contributed by atoms with van der Waals surface area (Å²) in [5, 5.41) is 0. The van der Waals surface area contributed by atoms with Crippen LogP contribution in [0.5, 0.6) is 0 Å². The molecule has 1 atom stereocenters. The van der Waals surface area contributed by atoms with E-state index in [9.17, 15) is 4.79 Å². The summed E-state index contributed by atoms with van der Waals surface area (Å²) >= 11 is 0. The van der Waals surface area contributed by atoms with Crippen LogP contribution in [0.1, 0.15) is 49.5 Å². The van der Waals surface area contributed by atoms with Gasteiger partial charge in [0.2, 0.25) is 0 Å². The van der Waals surface area contributed by atoms with Crippen LogP contribution >= 0.6 is 0 Å². The molecule has 17 heavy (non-hydrogen) atoms. The third kappa shape index (κ3) is 1.79. The van der Waals surface area contributed by atoms with Gasteiger partial charge in [0.25, 0.3) is 0 Å². The maximum Gasteiger partial charge on any atom is 0.360 e. The number of methoxy groups -OCH3 is 1. The number of carbonyl (C=O) groups excluding carboxylic acids is 1. The predicted octanol–water partition coefficient (Wildman–Crippen LogP) is 1.79. The Hall–Kier alpha value is -1.52. The summed E-state index contributed by atoms with van der Waals surface area (Å²) in [6.45, 7) is 6.39. The fourth-order valence-electron chi connectivity index (χ4n) is 2.22. The van der Waals surface area contributed by atoms with Gasteiger partial charge in [-0.25, -0.2) is 9.78 Å². The zero-order chi connectivity index (χ0) is 12.8. The molecule has 1 aromatic rings. The molecule has 5 nitrogen and oxygen atoms in total. The van der Waals surface area contributed by atoms with Crippen molar-refractivity contribution < 1.29 is 9.53 Å². The molecule has 2 N–H and O–H groups in total. The van der Waals surface area contributed by atoms with Gasteiger partial charge in [-0.05, 0) is 11.8 Å². The van der Waals surface area contributed by atoms with E-state index in [4.69, 9.17) is 5.73 Å². The summed E-state index contributed by atoms with van der Waals surface area (Å²) < 4.78 is 6.68. The summed E-state index contributed by atoms with van der Waals surface area (Å²) in [5.74, 6) is 0.831. The average molecular weight is 237 g/mol. The summed E-state index contributed by atoms with van der Waals surface area (Å²) in [7, 11) is 1.34. The Morgan fingerprint density at radius 1 is 1.65 bits per heavy atom. The van der Waals surface area contributed by atoms with E-state index in [0.29, 0.717) is 11.9 Å². The molecule has 0 spiro atoms. The summed E-state index contributed by atoms with van der Waals surface area (Å²) in [5.41, 5.74) is 6.50. The van der Waals surface area contributed by atoms with Crippen LogP contribution in [0.15, 0.2) is 0 Å². The van der Waals surface area contributed by atoms with Gasteiger partial charge in [0.1, 0.15) is 11.6 Å². The number of rotatable bonds is 3. The minimum Gasteiger partial charge on any atom is -0.464 e. The van der Waals surface area contributed by atoms with Crippen molar-refractivity contribution in [3.63, 3.8) is 0 Å². The second-order valence-corrected chi connectivity index (χ2v) is 5.19. The zero-order valence-corrected chi connectivity index (χ0v) is 10.8. The highest BCUT2D eigenvalue weighted by molar-refractivity contribution is 5.92. The minimum atomic E-state index is -0.464. The lowest BCUT2D eigenvalue weighted by molar-refractivity contribution is 0.0595. The molecule has 0 radical (unpaired) electrons. The first kappa shape index (κ1) is 12.0. The molecule has 1 saturated carbocycles. The third-order valence-corrected chi connectivity index (χ3v) is 3.49. The number of nitrogens with zero attached hydrogens (tertiary/aromatic N) is 2. The van der Waals surface area contributed by atoms with E-state index >= 15 is 0 Å². The molecular formula is C12H19N3O2. The van der Waals surface area contributed by atoms with E-state index in [2.05, 4.69) is 23.6 Å². The third-order valence-electron chi connectivity index (χ3n) is 3.49. The van der Waals surface area contributed by atoms with Gasteiger partial charge in [-0.1, -0.05) is 20.8 Å². The summed E-state index contributed by atoms with van der Waals surface area (Å²) in [4.78, 5) is 15.8. The van der Waals surface area contributed by atoms with Crippen molar-refractivity contribution in [2.24, 2.45) is 5.41 Å². The highest BCUT2D eigenvalue weighted by atomic mass is 16.5. The number of aromatic nitrogens is 2. The Morgan fingerprint density at radius 2 is 2.24 bits per heavy atom. The standard InChI is InChI=1S/C12H19N3O2/c1-5-8-14-9(11(16)17-4)10(13)15(8)7-6-12(7,2)3/h7H,5-6,13H2,1-4H3. The van der Waals surface area contributed by atoms with Crippen molar-refractivity contribution >= 4 is 11.8 Å². The molecule has 1 aromatic heterocycles. The Bertz CT molecular complexity index is 463. The van der Waals surface area contributed by atoms with E-state index in [1.807, 2.05) is 11.5 Å². The fraction of sp³-hybridized carbons (Fsp3) is 0.667. The van der Waals surface area contributed by atoms with E-state index in [1.165, 1.54) is 7.11 Å². The van der Waals surface area contributed by atoms with Crippen LogP contribution in [0.25, 0.3) is 0 Å². The second-order valence-electron chi connectivity index (χ2n) is 5.19. The van der Waals surface area contributed by atoms with Gasteiger partial charge in [-0.2, -0.15) is 0 Å². The second kappa shape index (κ2) is 3.75. The van der Waals surface area contributed by atoms with Crippen molar-refractivity contribution in [1.82, 2.24) is 9.55 Å². The molecule has 0 saturated heterocycles. The number of nitrogen functional groups attached to an aromatic ring is 1. The van der Waals surface area contributed by atoms with Crippen molar-refractivity contribution in [3.05, 3.63) is 11.5 Å². The van der Waals surface area contributed by atoms with Gasteiger partial charge in [-0.15, -0.1) is 0 Å². The van der Waals surface area contributed by atoms with Gasteiger partial charge in [0, 0.05) is 12.5 Å². The lowest BCUT2D eigenvalue weighted by Gasteiger charge is -2.10. The Labute approximate surface area is 101 Å². The number of imidazole rings is 1. The maximum atomic E-state index is 11.5. The maximum absolute atomic E-state index is 11.5. The molecule has 1 aliphatic rings. The highest BCUT2D eigenvalue weighted by Crippen LogP contribution is 2.56. The average Bonchev–Trinajstić information content (AvgIpc) is 2.77. The lowest BCUT2D eigenvalue weighted by atomic mass is 10.2. The quantitative estimate of drug-likeness (QED) is 0.813. The molecule has 0 aromatic carbocycles. The lowest BCUT2D eigenvalue weighted by Crippen LogP contribution is -2.10. The summed E-state index contributed by atoms with van der Waals surface area (Å²) in [6.07, 6.45) is 1.83. The van der Waals surface area contributed by atoms with Crippen LogP contribution in [0, 0.1) is 5.41 Å². The molecule has 5 heteroatoms. The molecule has 0 aliphatic heterocycles. The molecular weight excluding hydrogens is 218 g/mol. The van der Waals surface area contributed by atoms with Crippen molar-refractivity contribution in [2.45, 2.75) is 39.7 Å². The first-order valence-electron chi connectivity index (χ1n) is 5.87. The monoisotopic (exact) mass is 237 g/mol. The van der Waals surface area contributed by atoms with E-state index in [1.54, 1.807) is 0 Å². The van der Waals surface area contributed by atoms with Gasteiger partial charge in [0.05, 0.1) is 7.11 Å². The van der Waals surface area contributed by atoms with Crippen molar-refractivity contribution in [3.8, 4) is 0 Å². The van der Waals surface area contributed by atoms with Crippen LogP contribution in [-0.2, 0) is 11.2 Å². The highest BCUT2D eigenvalue weighted by Gasteiger charge is 2.49.